The summed E-state index contributed by atoms with van der Waals surface area (Å²) in [5.74, 6) is 0.227. The Morgan fingerprint density at radius 1 is 1.00 bits per heavy atom. The number of hydrogen-bond donors (Lipinski definition) is 1. The molecule has 1 aromatic heterocycles. The largest absolute Gasteiger partial charge is 0.416 e. The van der Waals surface area contributed by atoms with Gasteiger partial charge in [0.05, 0.1) is 16.6 Å². The predicted molar refractivity (Wildman–Crippen MR) is 81.2 cm³/mol. The summed E-state index contributed by atoms with van der Waals surface area (Å²) in [6, 6.07) is 15.6. The van der Waals surface area contributed by atoms with Gasteiger partial charge in [-0.15, -0.1) is 0 Å². The molecule has 0 aliphatic rings. The molecule has 0 bridgehead atoms. The van der Waals surface area contributed by atoms with Crippen molar-refractivity contribution in [2.24, 2.45) is 0 Å². The van der Waals surface area contributed by atoms with Gasteiger partial charge in [0.2, 0.25) is 0 Å². The molecule has 0 aliphatic carbocycles. The summed E-state index contributed by atoms with van der Waals surface area (Å²) < 4.78 is 38.3. The van der Waals surface area contributed by atoms with Crippen molar-refractivity contribution in [3.63, 3.8) is 0 Å². The number of benzene rings is 2. The maximum Gasteiger partial charge on any atom is 0.416 e. The minimum absolute atomic E-state index is 0.221. The zero-order valence-electron chi connectivity index (χ0n) is 11.7. The second kappa shape index (κ2) is 5.61. The predicted octanol–water partition coefficient (Wildman–Crippen LogP) is 4.87. The Labute approximate surface area is 130 Å². The maximum atomic E-state index is 12.8. The van der Waals surface area contributed by atoms with Gasteiger partial charge in [0.25, 0.3) is 0 Å². The molecule has 3 nitrogen and oxygen atoms in total. The van der Waals surface area contributed by atoms with Crippen molar-refractivity contribution in [2.75, 3.05) is 5.32 Å². The van der Waals surface area contributed by atoms with Crippen molar-refractivity contribution < 1.29 is 13.2 Å². The van der Waals surface area contributed by atoms with Gasteiger partial charge in [-0.2, -0.15) is 18.4 Å². The quantitative estimate of drug-likeness (QED) is 0.734. The average molecular weight is 313 g/mol. The molecule has 3 rings (SSSR count). The van der Waals surface area contributed by atoms with E-state index in [0.717, 1.165) is 17.5 Å². The Balaban J connectivity index is 2.03. The van der Waals surface area contributed by atoms with E-state index in [2.05, 4.69) is 10.3 Å². The monoisotopic (exact) mass is 313 g/mol. The lowest BCUT2D eigenvalue weighted by atomic mass is 10.1. The van der Waals surface area contributed by atoms with Crippen LogP contribution in [0.2, 0.25) is 0 Å². The topological polar surface area (TPSA) is 48.7 Å². The lowest BCUT2D eigenvalue weighted by molar-refractivity contribution is -0.137. The second-order valence-electron chi connectivity index (χ2n) is 4.89. The number of anilines is 2. The minimum atomic E-state index is -4.42. The molecule has 0 saturated carbocycles. The molecule has 0 atom stereocenters. The van der Waals surface area contributed by atoms with Gasteiger partial charge in [0.15, 0.2) is 0 Å². The lowest BCUT2D eigenvalue weighted by Gasteiger charge is -2.11. The first-order chi connectivity index (χ1) is 11.0. The Morgan fingerprint density at radius 3 is 2.52 bits per heavy atom. The molecular formula is C17H10F3N3. The summed E-state index contributed by atoms with van der Waals surface area (Å²) in [5, 5.41) is 12.8. The van der Waals surface area contributed by atoms with E-state index in [1.54, 1.807) is 18.2 Å². The number of rotatable bonds is 2. The highest BCUT2D eigenvalue weighted by Crippen LogP contribution is 2.31. The Bertz CT molecular complexity index is 911. The van der Waals surface area contributed by atoms with E-state index < -0.39 is 11.7 Å². The number of nitrogens with zero attached hydrogens (tertiary/aromatic N) is 2. The van der Waals surface area contributed by atoms with Gasteiger partial charge in [0.1, 0.15) is 11.9 Å². The number of fused-ring (bicyclic) bond motifs is 1. The van der Waals surface area contributed by atoms with Crippen molar-refractivity contribution in [3.8, 4) is 6.07 Å². The van der Waals surface area contributed by atoms with Gasteiger partial charge in [-0.05, 0) is 30.3 Å². The Kier molecular flexibility index (Phi) is 3.62. The summed E-state index contributed by atoms with van der Waals surface area (Å²) in [6.07, 6.45) is -4.42. The van der Waals surface area contributed by atoms with Gasteiger partial charge < -0.3 is 5.32 Å². The molecule has 23 heavy (non-hydrogen) atoms. The zero-order chi connectivity index (χ0) is 16.4. The van der Waals surface area contributed by atoms with Crippen LogP contribution in [0.3, 0.4) is 0 Å². The first-order valence-corrected chi connectivity index (χ1v) is 6.71. The van der Waals surface area contributed by atoms with Gasteiger partial charge in [-0.1, -0.05) is 24.3 Å². The van der Waals surface area contributed by atoms with Crippen LogP contribution in [0.1, 0.15) is 11.1 Å². The van der Waals surface area contributed by atoms with Crippen LogP contribution in [0, 0.1) is 11.3 Å². The van der Waals surface area contributed by atoms with Crippen molar-refractivity contribution in [3.05, 3.63) is 65.7 Å². The van der Waals surface area contributed by atoms with Gasteiger partial charge in [-0.3, -0.25) is 0 Å². The summed E-state index contributed by atoms with van der Waals surface area (Å²) in [7, 11) is 0. The molecular weight excluding hydrogens is 303 g/mol. The number of nitrogens with one attached hydrogen (secondary N) is 1. The molecule has 1 N–H and O–H groups in total. The van der Waals surface area contributed by atoms with Crippen LogP contribution in [-0.2, 0) is 6.18 Å². The summed E-state index contributed by atoms with van der Waals surface area (Å²) in [4.78, 5) is 4.32. The fourth-order valence-corrected chi connectivity index (χ4v) is 2.21. The first kappa shape index (κ1) is 14.9. The smallest absolute Gasteiger partial charge is 0.339 e. The number of para-hydroxylation sites is 1. The lowest BCUT2D eigenvalue weighted by Crippen LogP contribution is -2.05. The van der Waals surface area contributed by atoms with Crippen molar-refractivity contribution >= 4 is 22.4 Å². The van der Waals surface area contributed by atoms with E-state index in [0.29, 0.717) is 5.52 Å². The molecule has 0 radical (unpaired) electrons. The number of aromatic nitrogens is 1. The number of hydrogen-bond acceptors (Lipinski definition) is 3. The normalized spacial score (nSPS) is 11.2. The van der Waals surface area contributed by atoms with E-state index in [4.69, 9.17) is 0 Å². The standard InChI is InChI=1S/C17H10F3N3/c18-17(19,20)13-5-3-6-14(9-13)22-16-12(10-21)8-11-4-1-2-7-15(11)23-16/h1-9H,(H,22,23). The van der Waals surface area contributed by atoms with Gasteiger partial charge in [-0.25, -0.2) is 4.98 Å². The van der Waals surface area contributed by atoms with Crippen LogP contribution in [0.25, 0.3) is 10.9 Å². The molecule has 114 valence electrons. The van der Waals surface area contributed by atoms with Gasteiger partial charge >= 0.3 is 6.18 Å². The van der Waals surface area contributed by atoms with Gasteiger partial charge in [0, 0.05) is 11.1 Å². The summed E-state index contributed by atoms with van der Waals surface area (Å²) >= 11 is 0. The highest BCUT2D eigenvalue weighted by molar-refractivity contribution is 5.83. The number of halogens is 3. The molecule has 3 aromatic rings. The Morgan fingerprint density at radius 2 is 1.78 bits per heavy atom. The number of pyridine rings is 1. The van der Waals surface area contributed by atoms with E-state index in [9.17, 15) is 18.4 Å². The SMILES string of the molecule is N#Cc1cc2ccccc2nc1Nc1cccc(C(F)(F)F)c1. The minimum Gasteiger partial charge on any atom is -0.339 e. The molecule has 0 aliphatic heterocycles. The number of nitriles is 1. The molecule has 0 spiro atoms. The summed E-state index contributed by atoms with van der Waals surface area (Å²) in [5.41, 5.74) is 0.378. The molecule has 2 aromatic carbocycles. The molecule has 0 fully saturated rings. The molecule has 0 unspecified atom stereocenters. The second-order valence-corrected chi connectivity index (χ2v) is 4.89. The molecule has 6 heteroatoms. The Hall–Kier alpha value is -3.07. The molecule has 0 amide bonds. The van der Waals surface area contributed by atoms with E-state index >= 15 is 0 Å². The fraction of sp³-hybridized carbons (Fsp3) is 0.0588. The highest BCUT2D eigenvalue weighted by Gasteiger charge is 2.30. The maximum absolute atomic E-state index is 12.8. The highest BCUT2D eigenvalue weighted by atomic mass is 19.4. The van der Waals surface area contributed by atoms with Crippen LogP contribution in [0.15, 0.2) is 54.6 Å². The summed E-state index contributed by atoms with van der Waals surface area (Å²) in [6.45, 7) is 0. The van der Waals surface area contributed by atoms with Crippen LogP contribution >= 0.6 is 0 Å². The molecule has 1 heterocycles. The van der Waals surface area contributed by atoms with Crippen molar-refractivity contribution in [2.45, 2.75) is 6.18 Å². The van der Waals surface area contributed by atoms with Crippen LogP contribution in [0.5, 0.6) is 0 Å². The van der Waals surface area contributed by atoms with E-state index in [1.807, 2.05) is 18.2 Å². The third-order valence-corrected chi connectivity index (χ3v) is 3.30. The molecule has 0 saturated heterocycles. The van der Waals surface area contributed by atoms with Crippen LogP contribution in [-0.4, -0.2) is 4.98 Å². The van der Waals surface area contributed by atoms with Crippen molar-refractivity contribution in [1.29, 1.82) is 5.26 Å². The van der Waals surface area contributed by atoms with E-state index in [-0.39, 0.29) is 17.1 Å². The third kappa shape index (κ3) is 3.09. The van der Waals surface area contributed by atoms with E-state index in [1.165, 1.54) is 12.1 Å². The number of alkyl halides is 3. The first-order valence-electron chi connectivity index (χ1n) is 6.71. The third-order valence-electron chi connectivity index (χ3n) is 3.30. The van der Waals surface area contributed by atoms with Crippen LogP contribution in [0.4, 0.5) is 24.7 Å². The zero-order valence-corrected chi connectivity index (χ0v) is 11.7. The average Bonchev–Trinajstić information content (AvgIpc) is 2.53. The van der Waals surface area contributed by atoms with Crippen LogP contribution < -0.4 is 5.32 Å². The van der Waals surface area contributed by atoms with Crippen molar-refractivity contribution in [1.82, 2.24) is 4.98 Å². The fourth-order valence-electron chi connectivity index (χ4n) is 2.21.